The Morgan fingerprint density at radius 2 is 1.88 bits per heavy atom. The van der Waals surface area contributed by atoms with Crippen molar-refractivity contribution in [1.82, 2.24) is 10.2 Å². The van der Waals surface area contributed by atoms with Gasteiger partial charge in [0.15, 0.2) is 6.04 Å². The summed E-state index contributed by atoms with van der Waals surface area (Å²) in [7, 11) is 1.41. The van der Waals surface area contributed by atoms with Crippen LogP contribution in [0.3, 0.4) is 0 Å². The molecule has 2 N–H and O–H groups in total. The number of hydrogen-bond acceptors (Lipinski definition) is 3. The van der Waals surface area contributed by atoms with E-state index in [0.717, 1.165) is 25.7 Å². The minimum atomic E-state index is -1.07. The number of urea groups is 1. The van der Waals surface area contributed by atoms with Gasteiger partial charge in [-0.1, -0.05) is 12.8 Å². The standard InChI is InChI=1S/C11H20N2O4/c1-17-8-9(10(14)15)12-11(16)13-6-4-2-3-5-7-13/h9H,2-8H2,1H3,(H,12,16)(H,14,15). The van der Waals surface area contributed by atoms with Crippen LogP contribution in [0.1, 0.15) is 25.7 Å². The first-order chi connectivity index (χ1) is 8.15. The van der Waals surface area contributed by atoms with E-state index in [2.05, 4.69) is 5.32 Å². The summed E-state index contributed by atoms with van der Waals surface area (Å²) in [6.45, 7) is 1.38. The summed E-state index contributed by atoms with van der Waals surface area (Å²) >= 11 is 0. The number of amides is 2. The molecular weight excluding hydrogens is 224 g/mol. The van der Waals surface area contributed by atoms with Crippen LogP contribution in [-0.2, 0) is 9.53 Å². The number of methoxy groups -OCH3 is 1. The average molecular weight is 244 g/mol. The zero-order chi connectivity index (χ0) is 12.7. The molecule has 0 aromatic rings. The maximum absolute atomic E-state index is 11.8. The first-order valence-electron chi connectivity index (χ1n) is 5.92. The lowest BCUT2D eigenvalue weighted by molar-refractivity contribution is -0.140. The third-order valence-corrected chi connectivity index (χ3v) is 2.82. The van der Waals surface area contributed by atoms with Crippen molar-refractivity contribution < 1.29 is 19.4 Å². The van der Waals surface area contributed by atoms with Gasteiger partial charge in [-0.05, 0) is 12.8 Å². The highest BCUT2D eigenvalue weighted by atomic mass is 16.5. The van der Waals surface area contributed by atoms with E-state index in [4.69, 9.17) is 9.84 Å². The van der Waals surface area contributed by atoms with Gasteiger partial charge in [-0.2, -0.15) is 0 Å². The van der Waals surface area contributed by atoms with Crippen LogP contribution in [0.25, 0.3) is 0 Å². The van der Waals surface area contributed by atoms with Crippen LogP contribution >= 0.6 is 0 Å². The minimum Gasteiger partial charge on any atom is -0.480 e. The number of hydrogen-bond donors (Lipinski definition) is 2. The van der Waals surface area contributed by atoms with Gasteiger partial charge in [0, 0.05) is 20.2 Å². The molecule has 1 saturated heterocycles. The van der Waals surface area contributed by atoms with Gasteiger partial charge in [0.2, 0.25) is 0 Å². The van der Waals surface area contributed by atoms with Gasteiger partial charge in [-0.15, -0.1) is 0 Å². The Hall–Kier alpha value is -1.30. The summed E-state index contributed by atoms with van der Waals surface area (Å²) in [4.78, 5) is 24.4. The summed E-state index contributed by atoms with van der Waals surface area (Å²) in [5.41, 5.74) is 0. The molecule has 6 heteroatoms. The lowest BCUT2D eigenvalue weighted by Crippen LogP contribution is -2.50. The van der Waals surface area contributed by atoms with Crippen molar-refractivity contribution >= 4 is 12.0 Å². The summed E-state index contributed by atoms with van der Waals surface area (Å²) in [5.74, 6) is -1.07. The molecule has 0 aromatic heterocycles. The molecule has 1 unspecified atom stereocenters. The van der Waals surface area contributed by atoms with Gasteiger partial charge in [0.1, 0.15) is 0 Å². The number of carboxylic acid groups (broad SMARTS) is 1. The molecule has 1 aliphatic heterocycles. The van der Waals surface area contributed by atoms with E-state index in [1.807, 2.05) is 0 Å². The fourth-order valence-corrected chi connectivity index (χ4v) is 1.86. The van der Waals surface area contributed by atoms with E-state index in [1.165, 1.54) is 7.11 Å². The van der Waals surface area contributed by atoms with Crippen molar-refractivity contribution in [1.29, 1.82) is 0 Å². The molecule has 1 rings (SSSR count). The molecule has 98 valence electrons. The number of likely N-dealkylation sites (tertiary alicyclic amines) is 1. The Balaban J connectivity index is 2.47. The predicted octanol–water partition coefficient (Wildman–Crippen LogP) is 0.672. The highest BCUT2D eigenvalue weighted by molar-refractivity contribution is 5.82. The van der Waals surface area contributed by atoms with Crippen LogP contribution in [-0.4, -0.2) is 54.9 Å². The van der Waals surface area contributed by atoms with Crippen molar-refractivity contribution in [2.75, 3.05) is 26.8 Å². The van der Waals surface area contributed by atoms with E-state index in [9.17, 15) is 9.59 Å². The fraction of sp³-hybridized carbons (Fsp3) is 0.818. The zero-order valence-electron chi connectivity index (χ0n) is 10.1. The smallest absolute Gasteiger partial charge is 0.328 e. The molecule has 0 bridgehead atoms. The van der Waals surface area contributed by atoms with Crippen LogP contribution in [0.15, 0.2) is 0 Å². The van der Waals surface area contributed by atoms with Gasteiger partial charge in [-0.3, -0.25) is 0 Å². The molecule has 0 aliphatic carbocycles. The lowest BCUT2D eigenvalue weighted by atomic mass is 10.2. The van der Waals surface area contributed by atoms with E-state index in [1.54, 1.807) is 4.90 Å². The Labute approximate surface area is 101 Å². The molecule has 6 nitrogen and oxygen atoms in total. The molecule has 17 heavy (non-hydrogen) atoms. The number of carboxylic acids is 1. The van der Waals surface area contributed by atoms with Crippen molar-refractivity contribution in [3.05, 3.63) is 0 Å². The van der Waals surface area contributed by atoms with Crippen molar-refractivity contribution in [2.24, 2.45) is 0 Å². The second-order valence-electron chi connectivity index (χ2n) is 4.20. The number of rotatable bonds is 4. The van der Waals surface area contributed by atoms with Crippen LogP contribution in [0.5, 0.6) is 0 Å². The van der Waals surface area contributed by atoms with Gasteiger partial charge < -0.3 is 20.1 Å². The van der Waals surface area contributed by atoms with E-state index < -0.39 is 12.0 Å². The number of aliphatic carboxylic acids is 1. The average Bonchev–Trinajstić information content (AvgIpc) is 2.56. The van der Waals surface area contributed by atoms with E-state index in [0.29, 0.717) is 13.1 Å². The summed E-state index contributed by atoms with van der Waals surface area (Å²) in [6.07, 6.45) is 4.22. The van der Waals surface area contributed by atoms with Crippen molar-refractivity contribution in [3.63, 3.8) is 0 Å². The van der Waals surface area contributed by atoms with Crippen LogP contribution < -0.4 is 5.32 Å². The predicted molar refractivity (Wildman–Crippen MR) is 61.9 cm³/mol. The lowest BCUT2D eigenvalue weighted by Gasteiger charge is -2.23. The highest BCUT2D eigenvalue weighted by Crippen LogP contribution is 2.09. The van der Waals surface area contributed by atoms with Gasteiger partial charge >= 0.3 is 12.0 Å². The SMILES string of the molecule is COCC(NC(=O)N1CCCCCC1)C(=O)O. The molecule has 0 aromatic carbocycles. The van der Waals surface area contributed by atoms with Crippen LogP contribution in [0.4, 0.5) is 4.79 Å². The molecular formula is C11H20N2O4. The second-order valence-corrected chi connectivity index (χ2v) is 4.20. The highest BCUT2D eigenvalue weighted by Gasteiger charge is 2.23. The van der Waals surface area contributed by atoms with Crippen LogP contribution in [0, 0.1) is 0 Å². The zero-order valence-corrected chi connectivity index (χ0v) is 10.1. The molecule has 2 amide bonds. The van der Waals surface area contributed by atoms with Crippen molar-refractivity contribution in [2.45, 2.75) is 31.7 Å². The minimum absolute atomic E-state index is 0.0189. The van der Waals surface area contributed by atoms with Gasteiger partial charge in [0.05, 0.1) is 6.61 Å². The van der Waals surface area contributed by atoms with E-state index >= 15 is 0 Å². The number of carbonyl (C=O) groups excluding carboxylic acids is 1. The molecule has 0 radical (unpaired) electrons. The van der Waals surface area contributed by atoms with Crippen molar-refractivity contribution in [3.8, 4) is 0 Å². The first-order valence-corrected chi connectivity index (χ1v) is 5.92. The Kier molecular flexibility index (Phi) is 5.76. The Bertz CT molecular complexity index is 262. The molecule has 1 aliphatic rings. The number of ether oxygens (including phenoxy) is 1. The first kappa shape index (κ1) is 13.8. The van der Waals surface area contributed by atoms with Crippen LogP contribution in [0.2, 0.25) is 0 Å². The summed E-state index contributed by atoms with van der Waals surface area (Å²) < 4.78 is 4.76. The molecule has 0 spiro atoms. The third kappa shape index (κ3) is 4.60. The third-order valence-electron chi connectivity index (χ3n) is 2.82. The van der Waals surface area contributed by atoms with E-state index in [-0.39, 0.29) is 12.6 Å². The molecule has 1 fully saturated rings. The maximum atomic E-state index is 11.8. The van der Waals surface area contributed by atoms with Gasteiger partial charge in [-0.25, -0.2) is 9.59 Å². The summed E-state index contributed by atoms with van der Waals surface area (Å²) in [6, 6.07) is -1.29. The van der Waals surface area contributed by atoms with Gasteiger partial charge in [0.25, 0.3) is 0 Å². The molecule has 1 heterocycles. The number of nitrogens with one attached hydrogen (secondary N) is 1. The second kappa shape index (κ2) is 7.11. The topological polar surface area (TPSA) is 78.9 Å². The largest absolute Gasteiger partial charge is 0.480 e. The number of carbonyl (C=O) groups is 2. The fourth-order valence-electron chi connectivity index (χ4n) is 1.86. The normalized spacial score (nSPS) is 18.3. The Morgan fingerprint density at radius 3 is 2.35 bits per heavy atom. The summed E-state index contributed by atoms with van der Waals surface area (Å²) in [5, 5.41) is 11.4. The Morgan fingerprint density at radius 1 is 1.29 bits per heavy atom. The number of nitrogens with zero attached hydrogens (tertiary/aromatic N) is 1. The molecule has 0 saturated carbocycles. The molecule has 1 atom stereocenters. The monoisotopic (exact) mass is 244 g/mol. The quantitative estimate of drug-likeness (QED) is 0.762. The maximum Gasteiger partial charge on any atom is 0.328 e.